The molecule has 4 nitrogen and oxygen atoms in total. The molecule has 0 aromatic heterocycles. The summed E-state index contributed by atoms with van der Waals surface area (Å²) >= 11 is 0. The van der Waals surface area contributed by atoms with Gasteiger partial charge in [0, 0.05) is 13.1 Å². The number of hydrogen-bond donors (Lipinski definition) is 0. The Hall–Kier alpha value is -2.44. The fraction of sp³-hybridized carbons (Fsp3) is 0.500. The number of hydrogen-bond acceptors (Lipinski definition) is 3. The Bertz CT molecular complexity index is 673. The molecule has 1 heterocycles. The number of nitriles is 1. The molecule has 1 aromatic rings. The Labute approximate surface area is 144 Å². The second-order valence-electron chi connectivity index (χ2n) is 5.81. The number of carbonyl (C=O) groups is 1. The average Bonchev–Trinajstić information content (AvgIpc) is 2.57. The van der Waals surface area contributed by atoms with Gasteiger partial charge in [-0.1, -0.05) is 18.2 Å². The van der Waals surface area contributed by atoms with Crippen molar-refractivity contribution >= 4 is 6.09 Å². The lowest BCUT2D eigenvalue weighted by molar-refractivity contribution is -0.308. The number of ether oxygens (including phenoxy) is 1. The minimum atomic E-state index is -5.74. The van der Waals surface area contributed by atoms with E-state index >= 15 is 0 Å². The second-order valence-corrected chi connectivity index (χ2v) is 5.81. The van der Waals surface area contributed by atoms with Crippen molar-refractivity contribution in [3.05, 3.63) is 35.4 Å². The normalized spacial score (nSPS) is 16.5. The quantitative estimate of drug-likeness (QED) is 0.716. The monoisotopic (exact) mass is 380 g/mol. The van der Waals surface area contributed by atoms with Crippen molar-refractivity contribution in [1.82, 2.24) is 4.90 Å². The van der Waals surface area contributed by atoms with Crippen molar-refractivity contribution in [2.24, 2.45) is 0 Å². The van der Waals surface area contributed by atoms with Crippen LogP contribution in [0.1, 0.15) is 29.9 Å². The summed E-state index contributed by atoms with van der Waals surface area (Å²) in [6, 6.07) is 8.80. The van der Waals surface area contributed by atoms with Crippen molar-refractivity contribution in [1.29, 1.82) is 5.26 Å². The van der Waals surface area contributed by atoms with Gasteiger partial charge in [-0.3, -0.25) is 0 Å². The Morgan fingerprint density at radius 2 is 1.65 bits per heavy atom. The van der Waals surface area contributed by atoms with Crippen LogP contribution in [0.5, 0.6) is 0 Å². The number of benzene rings is 1. The van der Waals surface area contributed by atoms with Crippen molar-refractivity contribution in [3.63, 3.8) is 0 Å². The van der Waals surface area contributed by atoms with Gasteiger partial charge in [0.05, 0.1) is 11.6 Å². The molecule has 0 N–H and O–H groups in total. The third-order valence-electron chi connectivity index (χ3n) is 4.09. The van der Waals surface area contributed by atoms with Crippen molar-refractivity contribution in [3.8, 4) is 6.07 Å². The molecular formula is C16H14F6N2O2. The van der Waals surface area contributed by atoms with Crippen molar-refractivity contribution in [2.75, 3.05) is 13.1 Å². The first kappa shape index (κ1) is 19.9. The van der Waals surface area contributed by atoms with Crippen molar-refractivity contribution in [2.45, 2.75) is 37.2 Å². The standard InChI is InChI=1S/C16H14F6N2O2/c17-15(18,19)13(16(20,21)22)26-14(25)24-7-5-10(6-8-24)12-4-2-1-3-11(12)9-23/h1-4,10,13H,5-8H2. The van der Waals surface area contributed by atoms with E-state index in [1.807, 2.05) is 6.07 Å². The highest BCUT2D eigenvalue weighted by atomic mass is 19.4. The molecule has 1 fully saturated rings. The molecule has 1 aliphatic rings. The van der Waals surface area contributed by atoms with Crippen LogP contribution in [0, 0.1) is 11.3 Å². The molecule has 26 heavy (non-hydrogen) atoms. The number of rotatable bonds is 2. The molecular weight excluding hydrogens is 366 g/mol. The van der Waals surface area contributed by atoms with E-state index in [2.05, 4.69) is 4.74 Å². The molecule has 0 radical (unpaired) electrons. The maximum absolute atomic E-state index is 12.5. The summed E-state index contributed by atoms with van der Waals surface area (Å²) < 4.78 is 78.5. The van der Waals surface area contributed by atoms with E-state index < -0.39 is 24.5 Å². The molecule has 0 bridgehead atoms. The first-order valence-electron chi connectivity index (χ1n) is 7.62. The molecule has 1 aromatic carbocycles. The van der Waals surface area contributed by atoms with E-state index in [9.17, 15) is 31.1 Å². The van der Waals surface area contributed by atoms with Crippen LogP contribution in [0.2, 0.25) is 0 Å². The molecule has 0 saturated carbocycles. The molecule has 0 atom stereocenters. The summed E-state index contributed by atoms with van der Waals surface area (Å²) in [5, 5.41) is 9.09. The SMILES string of the molecule is N#Cc1ccccc1C1CCN(C(=O)OC(C(F)(F)F)C(F)(F)F)CC1. The third kappa shape index (κ3) is 4.59. The molecule has 1 amide bonds. The number of halogens is 6. The summed E-state index contributed by atoms with van der Waals surface area (Å²) in [4.78, 5) is 12.5. The van der Waals surface area contributed by atoms with Crippen LogP contribution in [0.3, 0.4) is 0 Å². The van der Waals surface area contributed by atoms with Gasteiger partial charge >= 0.3 is 18.4 Å². The van der Waals surface area contributed by atoms with Gasteiger partial charge in [0.25, 0.3) is 6.10 Å². The Morgan fingerprint density at radius 1 is 1.12 bits per heavy atom. The Balaban J connectivity index is 2.01. The fourth-order valence-corrected chi connectivity index (χ4v) is 2.82. The second kappa shape index (κ2) is 7.43. The first-order valence-corrected chi connectivity index (χ1v) is 7.62. The van der Waals surface area contributed by atoms with Gasteiger partial charge in [-0.25, -0.2) is 4.79 Å². The predicted octanol–water partition coefficient (Wildman–Crippen LogP) is 4.37. The summed E-state index contributed by atoms with van der Waals surface area (Å²) in [6.07, 6.45) is -16.7. The molecule has 1 saturated heterocycles. The highest BCUT2D eigenvalue weighted by Gasteiger charge is 2.60. The number of piperidine rings is 1. The maximum Gasteiger partial charge on any atom is 0.434 e. The van der Waals surface area contributed by atoms with Gasteiger partial charge in [0.15, 0.2) is 0 Å². The summed E-state index contributed by atoms with van der Waals surface area (Å²) in [5.74, 6) is -0.115. The van der Waals surface area contributed by atoms with Crippen LogP contribution in [-0.4, -0.2) is 42.5 Å². The molecule has 2 rings (SSSR count). The van der Waals surface area contributed by atoms with Crippen molar-refractivity contribution < 1.29 is 35.9 Å². The van der Waals surface area contributed by atoms with Gasteiger partial charge in [0.2, 0.25) is 0 Å². The smallest absolute Gasteiger partial charge is 0.426 e. The van der Waals surface area contributed by atoms with Gasteiger partial charge in [-0.05, 0) is 30.4 Å². The van der Waals surface area contributed by atoms with Gasteiger partial charge < -0.3 is 9.64 Å². The highest BCUT2D eigenvalue weighted by molar-refractivity contribution is 5.68. The minimum absolute atomic E-state index is 0.0638. The summed E-state index contributed by atoms with van der Waals surface area (Å²) in [6.45, 7) is -0.128. The van der Waals surface area contributed by atoms with Gasteiger partial charge in [0.1, 0.15) is 0 Å². The number of carbonyl (C=O) groups excluding carboxylic acids is 1. The van der Waals surface area contributed by atoms with Crippen LogP contribution in [0.15, 0.2) is 24.3 Å². The number of alkyl halides is 6. The lowest BCUT2D eigenvalue weighted by Crippen LogP contribution is -2.49. The van der Waals surface area contributed by atoms with Gasteiger partial charge in [-0.15, -0.1) is 0 Å². The van der Waals surface area contributed by atoms with E-state index in [4.69, 9.17) is 5.26 Å². The van der Waals surface area contributed by atoms with Crippen LogP contribution < -0.4 is 0 Å². The van der Waals surface area contributed by atoms with E-state index in [-0.39, 0.29) is 19.0 Å². The van der Waals surface area contributed by atoms with Crippen LogP contribution >= 0.6 is 0 Å². The maximum atomic E-state index is 12.5. The van der Waals surface area contributed by atoms with E-state index in [0.717, 1.165) is 10.5 Å². The van der Waals surface area contributed by atoms with Crippen LogP contribution in [0.25, 0.3) is 0 Å². The molecule has 0 unspecified atom stereocenters. The lowest BCUT2D eigenvalue weighted by atomic mass is 9.87. The number of likely N-dealkylation sites (tertiary alicyclic amines) is 1. The molecule has 1 aliphatic heterocycles. The summed E-state index contributed by atoms with van der Waals surface area (Å²) in [5.41, 5.74) is 1.19. The lowest BCUT2D eigenvalue weighted by Gasteiger charge is -2.33. The number of amides is 1. The zero-order valence-corrected chi connectivity index (χ0v) is 13.3. The minimum Gasteiger partial charge on any atom is -0.426 e. The van der Waals surface area contributed by atoms with E-state index in [0.29, 0.717) is 18.4 Å². The van der Waals surface area contributed by atoms with Crippen LogP contribution in [0.4, 0.5) is 31.1 Å². The molecule has 0 spiro atoms. The fourth-order valence-electron chi connectivity index (χ4n) is 2.82. The molecule has 10 heteroatoms. The average molecular weight is 380 g/mol. The topological polar surface area (TPSA) is 53.3 Å². The van der Waals surface area contributed by atoms with E-state index in [1.165, 1.54) is 0 Å². The highest BCUT2D eigenvalue weighted by Crippen LogP contribution is 2.37. The largest absolute Gasteiger partial charge is 0.434 e. The van der Waals surface area contributed by atoms with Crippen LogP contribution in [-0.2, 0) is 4.74 Å². The summed E-state index contributed by atoms with van der Waals surface area (Å²) in [7, 11) is 0. The molecule has 142 valence electrons. The molecule has 0 aliphatic carbocycles. The van der Waals surface area contributed by atoms with E-state index in [1.54, 1.807) is 24.3 Å². The van der Waals surface area contributed by atoms with Gasteiger partial charge in [-0.2, -0.15) is 31.6 Å². The Kier molecular flexibility index (Phi) is 5.68. The zero-order valence-electron chi connectivity index (χ0n) is 13.3. The predicted molar refractivity (Wildman–Crippen MR) is 77.1 cm³/mol. The first-order chi connectivity index (χ1) is 12.0. The third-order valence-corrected chi connectivity index (χ3v) is 4.09. The zero-order chi connectivity index (χ0) is 19.5. The number of nitrogens with zero attached hydrogens (tertiary/aromatic N) is 2. The Morgan fingerprint density at radius 3 is 2.15 bits per heavy atom.